The smallest absolute Gasteiger partial charge is 0.000139 e. The van der Waals surface area contributed by atoms with Gasteiger partial charge in [0.25, 0.3) is 0 Å². The molecule has 0 aliphatic heterocycles. The van der Waals surface area contributed by atoms with Crippen molar-refractivity contribution in [3.63, 3.8) is 0 Å². The lowest BCUT2D eigenvalue weighted by Crippen LogP contribution is -1.98. The second kappa shape index (κ2) is 12.5. The molecular weight excluding hydrogens is 577 g/mol. The lowest BCUT2D eigenvalue weighted by molar-refractivity contribution is 1.61. The fourth-order valence-corrected chi connectivity index (χ4v) is 7.30. The Morgan fingerprint density at radius 2 is 0.729 bits per heavy atom. The Bertz CT molecular complexity index is 2480. The summed E-state index contributed by atoms with van der Waals surface area (Å²) in [4.78, 5) is 0. The van der Waals surface area contributed by atoms with Gasteiger partial charge in [-0.15, -0.1) is 0 Å². The summed E-state index contributed by atoms with van der Waals surface area (Å²) in [6.07, 6.45) is 5.90. The van der Waals surface area contributed by atoms with Gasteiger partial charge in [0.2, 0.25) is 0 Å². The Hall–Kier alpha value is -6.24. The van der Waals surface area contributed by atoms with E-state index >= 15 is 0 Å². The van der Waals surface area contributed by atoms with Crippen molar-refractivity contribution in [2.75, 3.05) is 0 Å². The summed E-state index contributed by atoms with van der Waals surface area (Å²) in [5, 5.41) is 7.26. The SMILES string of the molecule is C=CC=CC(=C)c1c2ccccc2c(-c2ccccc2)c2c(-c3ccc(-c4ccccc4)cc3)c3ccccc3c(-c3ccccc3)c12. The van der Waals surface area contributed by atoms with Gasteiger partial charge in [0, 0.05) is 0 Å². The summed E-state index contributed by atoms with van der Waals surface area (Å²) in [5.74, 6) is 0. The molecule has 0 N–H and O–H groups in total. The lowest BCUT2D eigenvalue weighted by Gasteiger charge is -2.25. The third kappa shape index (κ3) is 4.96. The van der Waals surface area contributed by atoms with E-state index in [1.54, 1.807) is 0 Å². The van der Waals surface area contributed by atoms with E-state index in [2.05, 4.69) is 176 Å². The fraction of sp³-hybridized carbons (Fsp3) is 0. The molecule has 0 aromatic heterocycles. The van der Waals surface area contributed by atoms with Crippen LogP contribution in [0.1, 0.15) is 5.56 Å². The summed E-state index contributed by atoms with van der Waals surface area (Å²) in [6, 6.07) is 59.1. The molecule has 0 radical (unpaired) electrons. The highest BCUT2D eigenvalue weighted by Crippen LogP contribution is 2.52. The van der Waals surface area contributed by atoms with E-state index in [4.69, 9.17) is 6.58 Å². The van der Waals surface area contributed by atoms with Crippen LogP contribution in [0.25, 0.3) is 82.4 Å². The van der Waals surface area contributed by atoms with E-state index in [-0.39, 0.29) is 0 Å². The molecule has 48 heavy (non-hydrogen) atoms. The summed E-state index contributed by atoms with van der Waals surface area (Å²) in [6.45, 7) is 8.66. The van der Waals surface area contributed by atoms with Gasteiger partial charge in [0.1, 0.15) is 0 Å². The molecule has 0 amide bonds. The van der Waals surface area contributed by atoms with Gasteiger partial charge in [0.15, 0.2) is 0 Å². The number of allylic oxidation sites excluding steroid dienone is 4. The molecule has 0 fully saturated rings. The Morgan fingerprint density at radius 3 is 1.23 bits per heavy atom. The first-order valence-electron chi connectivity index (χ1n) is 16.4. The molecule has 0 heterocycles. The van der Waals surface area contributed by atoms with Crippen LogP contribution in [0.2, 0.25) is 0 Å². The monoisotopic (exact) mass is 610 g/mol. The summed E-state index contributed by atoms with van der Waals surface area (Å²) in [7, 11) is 0. The van der Waals surface area contributed by atoms with Crippen LogP contribution in [0.15, 0.2) is 195 Å². The van der Waals surface area contributed by atoms with E-state index in [1.165, 1.54) is 76.8 Å². The Balaban J connectivity index is 1.64. The molecule has 0 bridgehead atoms. The van der Waals surface area contributed by atoms with Gasteiger partial charge < -0.3 is 0 Å². The van der Waals surface area contributed by atoms with E-state index in [9.17, 15) is 0 Å². The summed E-state index contributed by atoms with van der Waals surface area (Å²) in [5.41, 5.74) is 11.7. The van der Waals surface area contributed by atoms with Gasteiger partial charge in [-0.05, 0) is 88.0 Å². The van der Waals surface area contributed by atoms with E-state index in [0.717, 1.165) is 11.1 Å². The van der Waals surface area contributed by atoms with Gasteiger partial charge in [-0.3, -0.25) is 0 Å². The maximum absolute atomic E-state index is 4.69. The van der Waals surface area contributed by atoms with Crippen molar-refractivity contribution in [1.29, 1.82) is 0 Å². The van der Waals surface area contributed by atoms with Gasteiger partial charge in [0.05, 0.1) is 0 Å². The van der Waals surface area contributed by atoms with Crippen LogP contribution in [-0.2, 0) is 0 Å². The topological polar surface area (TPSA) is 0 Å². The summed E-state index contributed by atoms with van der Waals surface area (Å²) < 4.78 is 0. The molecule has 0 spiro atoms. The minimum atomic E-state index is 0.952. The van der Waals surface area contributed by atoms with Crippen LogP contribution in [-0.4, -0.2) is 0 Å². The zero-order chi connectivity index (χ0) is 32.5. The number of fused-ring (bicyclic) bond motifs is 3. The highest BCUT2D eigenvalue weighted by molar-refractivity contribution is 6.32. The molecule has 0 saturated heterocycles. The first-order chi connectivity index (χ1) is 23.7. The molecule has 8 rings (SSSR count). The second-order valence-corrected chi connectivity index (χ2v) is 12.1. The predicted molar refractivity (Wildman–Crippen MR) is 209 cm³/mol. The third-order valence-electron chi connectivity index (χ3n) is 9.34. The van der Waals surface area contributed by atoms with Crippen LogP contribution in [0, 0.1) is 0 Å². The molecule has 8 aromatic carbocycles. The van der Waals surface area contributed by atoms with Crippen molar-refractivity contribution >= 4 is 37.9 Å². The third-order valence-corrected chi connectivity index (χ3v) is 9.34. The number of hydrogen-bond donors (Lipinski definition) is 0. The number of benzene rings is 8. The summed E-state index contributed by atoms with van der Waals surface area (Å²) >= 11 is 0. The molecule has 0 nitrogen and oxygen atoms in total. The molecule has 8 aromatic rings. The fourth-order valence-electron chi connectivity index (χ4n) is 7.30. The Labute approximate surface area is 282 Å². The van der Waals surface area contributed by atoms with Crippen molar-refractivity contribution in [3.8, 4) is 44.5 Å². The highest BCUT2D eigenvalue weighted by atomic mass is 14.3. The molecule has 0 aliphatic rings. The van der Waals surface area contributed by atoms with Gasteiger partial charge >= 0.3 is 0 Å². The van der Waals surface area contributed by atoms with E-state index in [0.29, 0.717) is 0 Å². The average molecular weight is 611 g/mol. The van der Waals surface area contributed by atoms with Gasteiger partial charge in [-0.1, -0.05) is 195 Å². The van der Waals surface area contributed by atoms with Crippen LogP contribution < -0.4 is 0 Å². The minimum Gasteiger partial charge on any atom is -0.0991 e. The quantitative estimate of drug-likeness (QED) is 0.124. The molecule has 0 aliphatic carbocycles. The lowest BCUT2D eigenvalue weighted by atomic mass is 9.77. The zero-order valence-corrected chi connectivity index (χ0v) is 26.7. The minimum absolute atomic E-state index is 0.952. The Morgan fingerprint density at radius 1 is 0.375 bits per heavy atom. The second-order valence-electron chi connectivity index (χ2n) is 12.1. The Kier molecular flexibility index (Phi) is 7.61. The van der Waals surface area contributed by atoms with Gasteiger partial charge in [-0.2, -0.15) is 0 Å². The maximum Gasteiger partial charge on any atom is -0.000139 e. The molecule has 226 valence electrons. The van der Waals surface area contributed by atoms with Crippen LogP contribution in [0.4, 0.5) is 0 Å². The van der Waals surface area contributed by atoms with Crippen LogP contribution in [0.5, 0.6) is 0 Å². The van der Waals surface area contributed by atoms with Crippen molar-refractivity contribution in [2.24, 2.45) is 0 Å². The van der Waals surface area contributed by atoms with Crippen LogP contribution >= 0.6 is 0 Å². The molecule has 0 heteroatoms. The van der Waals surface area contributed by atoms with Crippen molar-refractivity contribution in [3.05, 3.63) is 201 Å². The first-order valence-corrected chi connectivity index (χ1v) is 16.4. The van der Waals surface area contributed by atoms with Crippen molar-refractivity contribution in [2.45, 2.75) is 0 Å². The van der Waals surface area contributed by atoms with E-state index < -0.39 is 0 Å². The normalized spacial score (nSPS) is 11.4. The number of hydrogen-bond acceptors (Lipinski definition) is 0. The largest absolute Gasteiger partial charge is 0.0991 e. The molecular formula is C48H34. The molecule has 0 unspecified atom stereocenters. The van der Waals surface area contributed by atoms with Gasteiger partial charge in [-0.25, -0.2) is 0 Å². The highest BCUT2D eigenvalue weighted by Gasteiger charge is 2.25. The van der Waals surface area contributed by atoms with Crippen molar-refractivity contribution in [1.82, 2.24) is 0 Å². The maximum atomic E-state index is 4.69. The van der Waals surface area contributed by atoms with Crippen molar-refractivity contribution < 1.29 is 0 Å². The van der Waals surface area contributed by atoms with E-state index in [1.807, 2.05) is 12.2 Å². The zero-order valence-electron chi connectivity index (χ0n) is 26.7. The standard InChI is InChI=1S/C48H34/c1-3-4-18-33(2)43-39-25-14-15-26-40(39)45(37-23-12-7-13-24-37)48-46(38-31-29-35(30-32-38)34-19-8-5-9-20-34)42-28-17-16-27-41(42)44(47(43)48)36-21-10-6-11-22-36/h3-32H,1-2H2. The van der Waals surface area contributed by atoms with Crippen LogP contribution in [0.3, 0.4) is 0 Å². The molecule has 0 atom stereocenters. The number of rotatable bonds is 7. The first kappa shape index (κ1) is 29.2. The average Bonchev–Trinajstić information content (AvgIpc) is 3.16. The molecule has 0 saturated carbocycles. The predicted octanol–water partition coefficient (Wildman–Crippen LogP) is 13.6.